The Morgan fingerprint density at radius 3 is 2.47 bits per heavy atom. The second-order valence-electron chi connectivity index (χ2n) is 4.56. The predicted molar refractivity (Wildman–Crippen MR) is 73.4 cm³/mol. The van der Waals surface area contributed by atoms with Gasteiger partial charge in [0.25, 0.3) is 0 Å². The van der Waals surface area contributed by atoms with Gasteiger partial charge in [-0.05, 0) is 18.1 Å². The fourth-order valence-electron chi connectivity index (χ4n) is 1.55. The number of aliphatic hydroxyl groups is 1. The zero-order valence-electron chi connectivity index (χ0n) is 11.3. The van der Waals surface area contributed by atoms with Gasteiger partial charge in [0.05, 0.1) is 19.4 Å². The minimum Gasteiger partial charge on any atom is -0.497 e. The molecule has 1 rings (SSSR count). The molecule has 0 saturated carbocycles. The summed E-state index contributed by atoms with van der Waals surface area (Å²) in [4.78, 5) is -0.0209. The Morgan fingerprint density at radius 2 is 2.05 bits per heavy atom. The summed E-state index contributed by atoms with van der Waals surface area (Å²) in [5.41, 5.74) is 5.82. The molecular formula is C12H20N2O4S. The van der Waals surface area contributed by atoms with Crippen LogP contribution in [-0.4, -0.2) is 33.3 Å². The van der Waals surface area contributed by atoms with Crippen LogP contribution in [0.2, 0.25) is 0 Å². The highest BCUT2D eigenvalue weighted by Crippen LogP contribution is 2.24. The Bertz CT molecular complexity index is 529. The van der Waals surface area contributed by atoms with Gasteiger partial charge in [-0.25, -0.2) is 13.1 Å². The molecule has 7 heteroatoms. The lowest BCUT2D eigenvalue weighted by Crippen LogP contribution is -2.41. The van der Waals surface area contributed by atoms with E-state index in [0.29, 0.717) is 5.75 Å². The van der Waals surface area contributed by atoms with E-state index in [-0.39, 0.29) is 23.1 Å². The fraction of sp³-hybridized carbons (Fsp3) is 0.500. The third-order valence-electron chi connectivity index (χ3n) is 2.81. The third-order valence-corrected chi connectivity index (χ3v) is 4.38. The number of benzene rings is 1. The van der Waals surface area contributed by atoms with Crippen LogP contribution >= 0.6 is 0 Å². The van der Waals surface area contributed by atoms with E-state index < -0.39 is 16.1 Å². The predicted octanol–water partition coefficient (Wildman–Crippen LogP) is 0.573. The molecule has 0 bridgehead atoms. The lowest BCUT2D eigenvalue weighted by Gasteiger charge is -2.20. The number of sulfonamides is 1. The average Bonchev–Trinajstić information content (AvgIpc) is 2.35. The SMILES string of the molecule is COc1ccc(S(=O)(=O)NC(CO)C(C)C)c(N)c1. The number of hydrogen-bond acceptors (Lipinski definition) is 5. The van der Waals surface area contributed by atoms with Crippen molar-refractivity contribution in [1.29, 1.82) is 0 Å². The smallest absolute Gasteiger partial charge is 0.242 e. The van der Waals surface area contributed by atoms with Crippen LogP contribution in [-0.2, 0) is 10.0 Å². The first-order valence-corrected chi connectivity index (χ1v) is 7.37. The van der Waals surface area contributed by atoms with E-state index in [4.69, 9.17) is 10.5 Å². The van der Waals surface area contributed by atoms with Gasteiger partial charge in [-0.3, -0.25) is 0 Å². The van der Waals surface area contributed by atoms with Crippen molar-refractivity contribution in [3.63, 3.8) is 0 Å². The Hall–Kier alpha value is -1.31. The highest BCUT2D eigenvalue weighted by Gasteiger charge is 2.23. The van der Waals surface area contributed by atoms with Crippen LogP contribution in [0.5, 0.6) is 5.75 Å². The second-order valence-corrected chi connectivity index (χ2v) is 6.24. The van der Waals surface area contributed by atoms with Crippen molar-refractivity contribution in [3.05, 3.63) is 18.2 Å². The van der Waals surface area contributed by atoms with Crippen molar-refractivity contribution < 1.29 is 18.3 Å². The van der Waals surface area contributed by atoms with E-state index in [2.05, 4.69) is 4.72 Å². The molecule has 0 amide bonds. The molecule has 1 aromatic rings. The van der Waals surface area contributed by atoms with Crippen molar-refractivity contribution in [2.75, 3.05) is 19.5 Å². The van der Waals surface area contributed by atoms with Crippen molar-refractivity contribution in [2.45, 2.75) is 24.8 Å². The minimum absolute atomic E-state index is 0.0209. The molecule has 0 fully saturated rings. The van der Waals surface area contributed by atoms with Gasteiger partial charge in [0, 0.05) is 12.1 Å². The number of ether oxygens (including phenoxy) is 1. The van der Waals surface area contributed by atoms with Gasteiger partial charge in [0.1, 0.15) is 10.6 Å². The van der Waals surface area contributed by atoms with E-state index in [1.165, 1.54) is 25.3 Å². The van der Waals surface area contributed by atoms with Crippen LogP contribution in [0.4, 0.5) is 5.69 Å². The largest absolute Gasteiger partial charge is 0.497 e. The van der Waals surface area contributed by atoms with Crippen molar-refractivity contribution in [1.82, 2.24) is 4.72 Å². The summed E-state index contributed by atoms with van der Waals surface area (Å²) in [6.07, 6.45) is 0. The van der Waals surface area contributed by atoms with Gasteiger partial charge >= 0.3 is 0 Å². The normalized spacial score (nSPS) is 13.5. The maximum Gasteiger partial charge on any atom is 0.242 e. The number of hydrogen-bond donors (Lipinski definition) is 3. The van der Waals surface area contributed by atoms with Gasteiger partial charge in [-0.15, -0.1) is 0 Å². The Kier molecular flexibility index (Phi) is 5.16. The van der Waals surface area contributed by atoms with E-state index in [1.54, 1.807) is 0 Å². The molecule has 0 aliphatic carbocycles. The van der Waals surface area contributed by atoms with Crippen LogP contribution in [0.3, 0.4) is 0 Å². The molecule has 0 spiro atoms. The summed E-state index contributed by atoms with van der Waals surface area (Å²) >= 11 is 0. The molecule has 6 nitrogen and oxygen atoms in total. The summed E-state index contributed by atoms with van der Waals surface area (Å²) < 4.78 is 31.8. The maximum atomic E-state index is 12.2. The monoisotopic (exact) mass is 288 g/mol. The topological polar surface area (TPSA) is 102 Å². The number of nitrogens with two attached hydrogens (primary N) is 1. The molecule has 0 aliphatic rings. The van der Waals surface area contributed by atoms with E-state index in [0.717, 1.165) is 0 Å². The zero-order chi connectivity index (χ0) is 14.6. The molecule has 4 N–H and O–H groups in total. The number of methoxy groups -OCH3 is 1. The molecule has 1 aromatic carbocycles. The molecule has 0 saturated heterocycles. The Balaban J connectivity index is 3.07. The van der Waals surface area contributed by atoms with Gasteiger partial charge in [-0.2, -0.15) is 0 Å². The van der Waals surface area contributed by atoms with Gasteiger partial charge in [-0.1, -0.05) is 13.8 Å². The number of rotatable bonds is 6. The van der Waals surface area contributed by atoms with E-state index >= 15 is 0 Å². The quantitative estimate of drug-likeness (QED) is 0.664. The van der Waals surface area contributed by atoms with E-state index in [9.17, 15) is 13.5 Å². The molecule has 19 heavy (non-hydrogen) atoms. The zero-order valence-corrected chi connectivity index (χ0v) is 12.1. The standard InChI is InChI=1S/C12H20N2O4S/c1-8(2)11(7-15)14-19(16,17)12-5-4-9(18-3)6-10(12)13/h4-6,8,11,14-15H,7,13H2,1-3H3. The van der Waals surface area contributed by atoms with Crippen LogP contribution in [0.15, 0.2) is 23.1 Å². The lowest BCUT2D eigenvalue weighted by atomic mass is 10.1. The average molecular weight is 288 g/mol. The first-order valence-electron chi connectivity index (χ1n) is 5.88. The summed E-state index contributed by atoms with van der Waals surface area (Å²) in [6, 6.07) is 3.80. The van der Waals surface area contributed by atoms with Crippen molar-refractivity contribution in [2.24, 2.45) is 5.92 Å². The number of nitrogen functional groups attached to an aromatic ring is 1. The maximum absolute atomic E-state index is 12.2. The molecule has 0 aromatic heterocycles. The number of nitrogens with one attached hydrogen (secondary N) is 1. The van der Waals surface area contributed by atoms with Crippen LogP contribution in [0.25, 0.3) is 0 Å². The molecule has 1 unspecified atom stereocenters. The molecule has 1 atom stereocenters. The number of aliphatic hydroxyl groups excluding tert-OH is 1. The third kappa shape index (κ3) is 3.82. The fourth-order valence-corrected chi connectivity index (χ4v) is 3.03. The molecule has 0 radical (unpaired) electrons. The molecule has 0 aliphatic heterocycles. The van der Waals surface area contributed by atoms with Gasteiger partial charge in [0.2, 0.25) is 10.0 Å². The molecule has 108 valence electrons. The minimum atomic E-state index is -3.76. The summed E-state index contributed by atoms with van der Waals surface area (Å²) in [5, 5.41) is 9.18. The lowest BCUT2D eigenvalue weighted by molar-refractivity contribution is 0.227. The summed E-state index contributed by atoms with van der Waals surface area (Å²) in [6.45, 7) is 3.37. The summed E-state index contributed by atoms with van der Waals surface area (Å²) in [5.74, 6) is 0.457. The second kappa shape index (κ2) is 6.23. The van der Waals surface area contributed by atoms with Crippen LogP contribution in [0.1, 0.15) is 13.8 Å². The first-order chi connectivity index (χ1) is 8.81. The first kappa shape index (κ1) is 15.7. The summed E-state index contributed by atoms with van der Waals surface area (Å²) in [7, 11) is -2.29. The molecule has 0 heterocycles. The number of anilines is 1. The van der Waals surface area contributed by atoms with Gasteiger partial charge in [0.15, 0.2) is 0 Å². The van der Waals surface area contributed by atoms with Crippen LogP contribution < -0.4 is 15.2 Å². The highest BCUT2D eigenvalue weighted by atomic mass is 32.2. The molecular weight excluding hydrogens is 268 g/mol. The van der Waals surface area contributed by atoms with Crippen molar-refractivity contribution >= 4 is 15.7 Å². The van der Waals surface area contributed by atoms with Gasteiger partial charge < -0.3 is 15.6 Å². The van der Waals surface area contributed by atoms with Crippen molar-refractivity contribution in [3.8, 4) is 5.75 Å². The highest BCUT2D eigenvalue weighted by molar-refractivity contribution is 7.89. The Morgan fingerprint density at radius 1 is 1.42 bits per heavy atom. The van der Waals surface area contributed by atoms with Crippen LogP contribution in [0, 0.1) is 5.92 Å². The van der Waals surface area contributed by atoms with E-state index in [1.807, 2.05) is 13.8 Å². The Labute approximate surface area is 113 Å².